The number of anilines is 2. The topological polar surface area (TPSA) is 9.72 Å². The van der Waals surface area contributed by atoms with Gasteiger partial charge in [-0.1, -0.05) is 30.3 Å². The van der Waals surface area contributed by atoms with Crippen LogP contribution in [-0.4, -0.2) is 44.7 Å². The molecule has 0 aliphatic heterocycles. The number of likely N-dealkylation sites (N-methyl/N-ethyl adjacent to an activating group) is 1. The molecule has 3 heteroatoms. The molecule has 0 saturated carbocycles. The lowest BCUT2D eigenvalue weighted by Gasteiger charge is -2.24. The summed E-state index contributed by atoms with van der Waals surface area (Å²) in [4.78, 5) is 7.18. The van der Waals surface area contributed by atoms with Gasteiger partial charge in [-0.2, -0.15) is 0 Å². The van der Waals surface area contributed by atoms with Crippen molar-refractivity contribution >= 4 is 16.9 Å². The number of allylic oxidation sites excluding steroid dienone is 3. The lowest BCUT2D eigenvalue weighted by Crippen LogP contribution is -2.21. The molecule has 200 valence electrons. The molecule has 1 aliphatic rings. The van der Waals surface area contributed by atoms with E-state index in [1.54, 1.807) is 0 Å². The maximum atomic E-state index is 2.42. The van der Waals surface area contributed by atoms with Crippen LogP contribution in [0.15, 0.2) is 84.6 Å². The molecule has 0 unspecified atom stereocenters. The second kappa shape index (κ2) is 12.9. The summed E-state index contributed by atoms with van der Waals surface area (Å²) >= 11 is 0. The van der Waals surface area contributed by atoms with Gasteiger partial charge in [-0.3, -0.25) is 0 Å². The molecule has 0 radical (unpaired) electrons. The van der Waals surface area contributed by atoms with Crippen LogP contribution < -0.4 is 9.80 Å². The van der Waals surface area contributed by atoms with Crippen molar-refractivity contribution in [2.45, 2.75) is 47.5 Å². The fourth-order valence-corrected chi connectivity index (χ4v) is 5.45. The Morgan fingerprint density at radius 1 is 0.579 bits per heavy atom. The van der Waals surface area contributed by atoms with Gasteiger partial charge >= 0.3 is 0 Å². The molecule has 0 saturated heterocycles. The average Bonchev–Trinajstić information content (AvgIpc) is 2.98. The lowest BCUT2D eigenvalue weighted by molar-refractivity contribution is 0.452. The zero-order valence-corrected chi connectivity index (χ0v) is 24.3. The van der Waals surface area contributed by atoms with Crippen molar-refractivity contribution in [3.8, 4) is 22.3 Å². The van der Waals surface area contributed by atoms with Crippen LogP contribution >= 0.6 is 0 Å². The fourth-order valence-electron chi connectivity index (χ4n) is 5.45. The number of benzene rings is 3. The molecule has 3 aromatic rings. The second-order valence-electron chi connectivity index (χ2n) is 10.1. The van der Waals surface area contributed by atoms with E-state index in [0.29, 0.717) is 0 Å². The molecular formula is C35H45N3. The number of hydrogen-bond acceptors (Lipinski definition) is 3. The highest BCUT2D eigenvalue weighted by molar-refractivity contribution is 5.83. The molecule has 0 bridgehead atoms. The van der Waals surface area contributed by atoms with E-state index in [4.69, 9.17) is 0 Å². The third-order valence-corrected chi connectivity index (χ3v) is 7.92. The minimum Gasteiger partial charge on any atom is -0.375 e. The van der Waals surface area contributed by atoms with Crippen molar-refractivity contribution in [2.24, 2.45) is 0 Å². The molecule has 0 amide bonds. The van der Waals surface area contributed by atoms with Gasteiger partial charge in [0.2, 0.25) is 0 Å². The van der Waals surface area contributed by atoms with Gasteiger partial charge in [0.05, 0.1) is 0 Å². The summed E-state index contributed by atoms with van der Waals surface area (Å²) in [5, 5.41) is 0. The first-order chi connectivity index (χ1) is 18.5. The Bertz CT molecular complexity index is 1200. The van der Waals surface area contributed by atoms with Crippen LogP contribution in [0.25, 0.3) is 27.8 Å². The zero-order chi connectivity index (χ0) is 27.1. The smallest absolute Gasteiger partial charge is 0.0372 e. The van der Waals surface area contributed by atoms with Crippen molar-refractivity contribution < 1.29 is 0 Å². The average molecular weight is 508 g/mol. The van der Waals surface area contributed by atoms with Crippen LogP contribution in [0, 0.1) is 0 Å². The SMILES string of the molecule is CCN(C)C1=CCCC(c2cc(-c3cccc(N(CC)CC)c3)cc(-c3cccc(N(CC)CC)c3)c2)=C1. The summed E-state index contributed by atoms with van der Waals surface area (Å²) < 4.78 is 0. The van der Waals surface area contributed by atoms with Crippen LogP contribution in [-0.2, 0) is 0 Å². The predicted molar refractivity (Wildman–Crippen MR) is 168 cm³/mol. The zero-order valence-electron chi connectivity index (χ0n) is 24.3. The van der Waals surface area contributed by atoms with Gasteiger partial charge in [0.15, 0.2) is 0 Å². The summed E-state index contributed by atoms with van der Waals surface area (Å²) in [5.74, 6) is 0. The van der Waals surface area contributed by atoms with Gasteiger partial charge in [-0.05, 0) is 129 Å². The molecule has 0 fully saturated rings. The highest BCUT2D eigenvalue weighted by atomic mass is 15.1. The van der Waals surface area contributed by atoms with Crippen molar-refractivity contribution in [3.05, 3.63) is 90.1 Å². The Morgan fingerprint density at radius 3 is 1.55 bits per heavy atom. The van der Waals surface area contributed by atoms with Gasteiger partial charge in [0.1, 0.15) is 0 Å². The van der Waals surface area contributed by atoms with E-state index in [1.807, 2.05) is 0 Å². The first-order valence-corrected chi connectivity index (χ1v) is 14.5. The normalized spacial score (nSPS) is 13.1. The Labute approximate surface area is 231 Å². The monoisotopic (exact) mass is 507 g/mol. The minimum atomic E-state index is 1.01. The second-order valence-corrected chi connectivity index (χ2v) is 10.1. The van der Waals surface area contributed by atoms with E-state index in [-0.39, 0.29) is 0 Å². The molecule has 0 N–H and O–H groups in total. The van der Waals surface area contributed by atoms with Gasteiger partial charge in [-0.25, -0.2) is 0 Å². The quantitative estimate of drug-likeness (QED) is 0.257. The Kier molecular flexibility index (Phi) is 9.33. The predicted octanol–water partition coefficient (Wildman–Crippen LogP) is 8.73. The molecule has 0 atom stereocenters. The van der Waals surface area contributed by atoms with Crippen LogP contribution in [0.1, 0.15) is 53.0 Å². The largest absolute Gasteiger partial charge is 0.375 e. The van der Waals surface area contributed by atoms with E-state index in [2.05, 4.69) is 135 Å². The van der Waals surface area contributed by atoms with Crippen molar-refractivity contribution in [1.82, 2.24) is 4.90 Å². The third kappa shape index (κ3) is 6.15. The minimum absolute atomic E-state index is 1.01. The molecule has 38 heavy (non-hydrogen) atoms. The molecule has 0 aromatic heterocycles. The molecule has 4 rings (SSSR count). The standard InChI is InChI=1S/C35H45N3/c1-7-36(6)33-18-12-15-27(24-33)30-21-31(28-16-13-19-34(25-28)37(8-2)9-3)23-32(22-30)29-17-14-20-35(26-29)38(10-4)11-5/h13-14,16-26H,7-12,15H2,1-6H3. The first kappa shape index (κ1) is 27.6. The summed E-state index contributed by atoms with van der Waals surface area (Å²) in [7, 11) is 2.19. The third-order valence-electron chi connectivity index (χ3n) is 7.92. The Morgan fingerprint density at radius 2 is 1.08 bits per heavy atom. The molecular weight excluding hydrogens is 462 g/mol. The van der Waals surface area contributed by atoms with E-state index in [0.717, 1.165) is 45.6 Å². The lowest BCUT2D eigenvalue weighted by atomic mass is 9.89. The summed E-state index contributed by atoms with van der Waals surface area (Å²) in [6, 6.07) is 25.3. The fraction of sp³-hybridized carbons (Fsp3) is 0.371. The van der Waals surface area contributed by atoms with Crippen molar-refractivity contribution in [3.63, 3.8) is 0 Å². The first-order valence-electron chi connectivity index (χ1n) is 14.5. The van der Waals surface area contributed by atoms with E-state index < -0.39 is 0 Å². The molecule has 3 aromatic carbocycles. The van der Waals surface area contributed by atoms with Crippen LogP contribution in [0.5, 0.6) is 0 Å². The summed E-state index contributed by atoms with van der Waals surface area (Å²) in [6.45, 7) is 16.2. The summed E-state index contributed by atoms with van der Waals surface area (Å²) in [6.07, 6.45) is 6.93. The Hall–Kier alpha value is -3.46. The number of hydrogen-bond donors (Lipinski definition) is 0. The molecule has 0 spiro atoms. The molecule has 3 nitrogen and oxygen atoms in total. The number of nitrogens with zero attached hydrogens (tertiary/aromatic N) is 3. The maximum absolute atomic E-state index is 2.42. The highest BCUT2D eigenvalue weighted by Gasteiger charge is 2.14. The van der Waals surface area contributed by atoms with Crippen LogP contribution in [0.2, 0.25) is 0 Å². The van der Waals surface area contributed by atoms with E-state index >= 15 is 0 Å². The van der Waals surface area contributed by atoms with Crippen molar-refractivity contribution in [2.75, 3.05) is 49.6 Å². The van der Waals surface area contributed by atoms with Gasteiger partial charge in [-0.15, -0.1) is 0 Å². The highest BCUT2D eigenvalue weighted by Crippen LogP contribution is 2.36. The van der Waals surface area contributed by atoms with Gasteiger partial charge < -0.3 is 14.7 Å². The van der Waals surface area contributed by atoms with E-state index in [1.165, 1.54) is 50.5 Å². The van der Waals surface area contributed by atoms with E-state index in [9.17, 15) is 0 Å². The maximum Gasteiger partial charge on any atom is 0.0372 e. The Balaban J connectivity index is 1.86. The van der Waals surface area contributed by atoms with Gasteiger partial charge in [0.25, 0.3) is 0 Å². The summed E-state index contributed by atoms with van der Waals surface area (Å²) in [5.41, 5.74) is 11.8. The molecule has 0 heterocycles. The van der Waals surface area contributed by atoms with Crippen LogP contribution in [0.4, 0.5) is 11.4 Å². The number of rotatable bonds is 11. The van der Waals surface area contributed by atoms with Crippen LogP contribution in [0.3, 0.4) is 0 Å². The van der Waals surface area contributed by atoms with Gasteiger partial charge in [0, 0.05) is 56.8 Å². The van der Waals surface area contributed by atoms with Crippen molar-refractivity contribution in [1.29, 1.82) is 0 Å². The molecule has 1 aliphatic carbocycles.